The van der Waals surface area contributed by atoms with Gasteiger partial charge in [0.05, 0.1) is 0 Å². The number of benzene rings is 2. The molecular weight excluding hydrogens is 434 g/mol. The number of halogens is 2. The summed E-state index contributed by atoms with van der Waals surface area (Å²) in [7, 11) is 9.87. The standard InChI is InChI=1S/C19H24N2O.2ClH.Zr/c1-18(2,3)15-12-9-13-16(17(15)22)20-21-19(4,5)14-10-7-6-8-11-14;;;/h6-13,22H,1-5H3;2*1H;/q;;;+2/p-2. The molecule has 25 heavy (non-hydrogen) atoms. The van der Waals surface area contributed by atoms with Crippen molar-refractivity contribution in [2.24, 2.45) is 10.2 Å². The summed E-state index contributed by atoms with van der Waals surface area (Å²) in [6.07, 6.45) is 0. The Balaban J connectivity index is 0.000000970. The zero-order valence-corrected chi connectivity index (χ0v) is 19.2. The quantitative estimate of drug-likeness (QED) is 0.491. The summed E-state index contributed by atoms with van der Waals surface area (Å²) in [4.78, 5) is 0. The van der Waals surface area contributed by atoms with Crippen molar-refractivity contribution in [2.75, 3.05) is 0 Å². The van der Waals surface area contributed by atoms with Gasteiger partial charge in [-0.3, -0.25) is 0 Å². The molecule has 0 saturated carbocycles. The molecule has 0 radical (unpaired) electrons. The van der Waals surface area contributed by atoms with E-state index < -0.39 is 26.4 Å². The third kappa shape index (κ3) is 6.85. The zero-order valence-electron chi connectivity index (χ0n) is 15.2. The van der Waals surface area contributed by atoms with Crippen molar-refractivity contribution < 1.29 is 26.0 Å². The maximum absolute atomic E-state index is 10.4. The molecule has 0 bridgehead atoms. The van der Waals surface area contributed by atoms with Gasteiger partial charge in [0.15, 0.2) is 0 Å². The fourth-order valence-corrected chi connectivity index (χ4v) is 2.30. The molecule has 0 aliphatic carbocycles. The first-order chi connectivity index (χ1) is 11.6. The van der Waals surface area contributed by atoms with Crippen molar-refractivity contribution in [2.45, 2.75) is 45.6 Å². The number of hydrogen-bond donors (Lipinski definition) is 1. The topological polar surface area (TPSA) is 45.0 Å². The van der Waals surface area contributed by atoms with Gasteiger partial charge >= 0.3 is 37.9 Å². The number of aromatic hydroxyl groups is 1. The summed E-state index contributed by atoms with van der Waals surface area (Å²) in [5.74, 6) is 0.211. The molecule has 2 aromatic carbocycles. The number of phenols is 1. The van der Waals surface area contributed by atoms with Gasteiger partial charge in [0.2, 0.25) is 0 Å². The Hall–Kier alpha value is -0.697. The molecule has 0 aromatic heterocycles. The number of azo groups is 1. The molecule has 0 atom stereocenters. The minimum absolute atomic E-state index is 0.134. The second-order valence-electron chi connectivity index (χ2n) is 7.12. The Morgan fingerprint density at radius 2 is 1.44 bits per heavy atom. The molecule has 2 rings (SSSR count). The van der Waals surface area contributed by atoms with Gasteiger partial charge in [-0.1, -0.05) is 63.2 Å². The van der Waals surface area contributed by atoms with Gasteiger partial charge in [-0.25, -0.2) is 0 Å². The van der Waals surface area contributed by atoms with Gasteiger partial charge in [0, 0.05) is 5.56 Å². The summed E-state index contributed by atoms with van der Waals surface area (Å²) in [5.41, 5.74) is 1.90. The molecule has 0 amide bonds. The van der Waals surface area contributed by atoms with Crippen LogP contribution in [0.4, 0.5) is 5.69 Å². The zero-order chi connectivity index (χ0) is 19.1. The second kappa shape index (κ2) is 9.85. The van der Waals surface area contributed by atoms with Crippen molar-refractivity contribution in [3.05, 3.63) is 59.7 Å². The molecule has 0 aliphatic heterocycles. The van der Waals surface area contributed by atoms with E-state index in [0.717, 1.165) is 11.1 Å². The monoisotopic (exact) mass is 456 g/mol. The molecule has 6 heteroatoms. The summed E-state index contributed by atoms with van der Waals surface area (Å²) < 4.78 is 0. The molecule has 0 heterocycles. The SMILES string of the molecule is CC(C)(C)c1cccc(N=NC(C)(C)c2ccccc2)c1O.[Cl][Zr][Cl]. The van der Waals surface area contributed by atoms with Crippen LogP contribution in [0.15, 0.2) is 58.8 Å². The first-order valence-corrected chi connectivity index (χ1v) is 14.2. The normalized spacial score (nSPS) is 11.8. The Labute approximate surface area is 169 Å². The number of rotatable bonds is 3. The predicted octanol–water partition coefficient (Wildman–Crippen LogP) is 7.09. The molecule has 0 fully saturated rings. The van der Waals surface area contributed by atoms with E-state index in [9.17, 15) is 5.11 Å². The average Bonchev–Trinajstić information content (AvgIpc) is 2.54. The van der Waals surface area contributed by atoms with Gasteiger partial charge in [-0.05, 0) is 30.9 Å². The van der Waals surface area contributed by atoms with Crippen LogP contribution in [0.1, 0.15) is 45.7 Å². The Morgan fingerprint density at radius 1 is 0.880 bits per heavy atom. The molecule has 3 nitrogen and oxygen atoms in total. The van der Waals surface area contributed by atoms with Crippen LogP contribution >= 0.6 is 17.0 Å². The fraction of sp³-hybridized carbons (Fsp3) is 0.368. The number of phenolic OH excluding ortho intramolecular Hbond substituents is 1. The molecular formula is C19H24Cl2N2OZr. The van der Waals surface area contributed by atoms with Crippen molar-refractivity contribution in [1.29, 1.82) is 0 Å². The summed E-state index contributed by atoms with van der Waals surface area (Å²) >= 11 is -0.826. The Kier molecular flexibility index (Phi) is 8.80. The van der Waals surface area contributed by atoms with E-state index in [2.05, 4.69) is 31.0 Å². The van der Waals surface area contributed by atoms with Crippen LogP contribution < -0.4 is 0 Å². The van der Waals surface area contributed by atoms with E-state index in [4.69, 9.17) is 17.0 Å². The van der Waals surface area contributed by atoms with Crippen molar-refractivity contribution >= 4 is 22.7 Å². The second-order valence-corrected chi connectivity index (χ2v) is 10.9. The van der Waals surface area contributed by atoms with Gasteiger partial charge < -0.3 is 5.11 Å². The van der Waals surface area contributed by atoms with Crippen LogP contribution in [-0.2, 0) is 31.8 Å². The Bertz CT molecular complexity index is 698. The van der Waals surface area contributed by atoms with Crippen LogP contribution in [0.25, 0.3) is 0 Å². The summed E-state index contributed by atoms with van der Waals surface area (Å²) in [6.45, 7) is 10.2. The molecule has 1 N–H and O–H groups in total. The molecule has 134 valence electrons. The van der Waals surface area contributed by atoms with Gasteiger partial charge in [-0.15, -0.1) is 0 Å². The predicted molar refractivity (Wildman–Crippen MR) is 102 cm³/mol. The van der Waals surface area contributed by atoms with Crippen LogP contribution in [0.5, 0.6) is 5.75 Å². The van der Waals surface area contributed by atoms with E-state index in [1.54, 1.807) is 6.07 Å². The van der Waals surface area contributed by atoms with Crippen molar-refractivity contribution in [1.82, 2.24) is 0 Å². The first-order valence-electron chi connectivity index (χ1n) is 7.90. The Morgan fingerprint density at radius 3 is 1.96 bits per heavy atom. The van der Waals surface area contributed by atoms with Crippen molar-refractivity contribution in [3.63, 3.8) is 0 Å². The van der Waals surface area contributed by atoms with Gasteiger partial charge in [0.1, 0.15) is 17.0 Å². The molecule has 0 unspecified atom stereocenters. The third-order valence-electron chi connectivity index (χ3n) is 3.71. The number of hydrogen-bond acceptors (Lipinski definition) is 3. The van der Waals surface area contributed by atoms with E-state index in [1.807, 2.05) is 56.3 Å². The van der Waals surface area contributed by atoms with E-state index in [1.165, 1.54) is 0 Å². The molecule has 0 aliphatic rings. The van der Waals surface area contributed by atoms with Crippen LogP contribution in [0, 0.1) is 0 Å². The van der Waals surface area contributed by atoms with Crippen LogP contribution in [0.2, 0.25) is 0 Å². The van der Waals surface area contributed by atoms with Crippen molar-refractivity contribution in [3.8, 4) is 5.75 Å². The fourth-order valence-electron chi connectivity index (χ4n) is 2.30. The molecule has 0 spiro atoms. The summed E-state index contributed by atoms with van der Waals surface area (Å²) in [5, 5.41) is 19.2. The first kappa shape index (κ1) is 22.3. The van der Waals surface area contributed by atoms with E-state index in [0.29, 0.717) is 5.69 Å². The van der Waals surface area contributed by atoms with Gasteiger partial charge in [-0.2, -0.15) is 10.2 Å². The van der Waals surface area contributed by atoms with E-state index >= 15 is 0 Å². The molecule has 2 aromatic rings. The average molecular weight is 459 g/mol. The number of nitrogens with zero attached hydrogens (tertiary/aromatic N) is 2. The third-order valence-corrected chi connectivity index (χ3v) is 3.71. The van der Waals surface area contributed by atoms with Crippen LogP contribution in [-0.4, -0.2) is 5.11 Å². The number of para-hydroxylation sites is 1. The van der Waals surface area contributed by atoms with E-state index in [-0.39, 0.29) is 11.2 Å². The maximum atomic E-state index is 10.4. The molecule has 0 saturated heterocycles. The summed E-state index contributed by atoms with van der Waals surface area (Å²) in [6, 6.07) is 15.6. The minimum atomic E-state index is -0.826. The van der Waals surface area contributed by atoms with Crippen LogP contribution in [0.3, 0.4) is 0 Å². The van der Waals surface area contributed by atoms with Gasteiger partial charge in [0.25, 0.3) is 0 Å².